The molecule has 4 aromatic rings. The van der Waals surface area contributed by atoms with Crippen molar-refractivity contribution in [3.05, 3.63) is 77.6 Å². The predicted octanol–water partition coefficient (Wildman–Crippen LogP) is 2.17. The highest BCUT2D eigenvalue weighted by Gasteiger charge is 2.15. The molecular weight excluding hydrogens is 368 g/mol. The van der Waals surface area contributed by atoms with Crippen LogP contribution < -0.4 is 16.4 Å². The van der Waals surface area contributed by atoms with Crippen molar-refractivity contribution in [1.82, 2.24) is 25.5 Å². The molecule has 1 amide bonds. The third-order valence-electron chi connectivity index (χ3n) is 4.70. The van der Waals surface area contributed by atoms with Crippen LogP contribution in [0.3, 0.4) is 0 Å². The van der Waals surface area contributed by atoms with E-state index in [1.54, 1.807) is 0 Å². The number of nitrogens with two attached hydrogens (primary N) is 1. The lowest BCUT2D eigenvalue weighted by Gasteiger charge is -2.05. The Kier molecular flexibility index (Phi) is 5.53. The van der Waals surface area contributed by atoms with E-state index in [0.29, 0.717) is 19.6 Å². The Morgan fingerprint density at radius 1 is 1.03 bits per heavy atom. The van der Waals surface area contributed by atoms with Crippen LogP contribution in [0, 0.1) is 0 Å². The Morgan fingerprint density at radius 2 is 1.83 bits per heavy atom. The summed E-state index contributed by atoms with van der Waals surface area (Å²) >= 11 is 0. The first-order chi connectivity index (χ1) is 14.2. The number of rotatable bonds is 8. The topological polar surface area (TPSA) is 111 Å². The molecule has 0 aliphatic rings. The Hall–Kier alpha value is -3.65. The van der Waals surface area contributed by atoms with Gasteiger partial charge in [-0.15, -0.1) is 0 Å². The monoisotopic (exact) mass is 390 g/mol. The van der Waals surface area contributed by atoms with Gasteiger partial charge in [0, 0.05) is 43.3 Å². The molecule has 2 aromatic heterocycles. The minimum absolute atomic E-state index is 0.00832. The third kappa shape index (κ3) is 4.27. The number of anilines is 1. The molecule has 0 aliphatic carbocycles. The van der Waals surface area contributed by atoms with Crippen molar-refractivity contribution >= 4 is 22.6 Å². The van der Waals surface area contributed by atoms with Crippen LogP contribution in [-0.4, -0.2) is 33.9 Å². The van der Waals surface area contributed by atoms with Crippen LogP contribution in [0.5, 0.6) is 0 Å². The number of para-hydroxylation sites is 1. The Bertz CT molecular complexity index is 1100. The zero-order chi connectivity index (χ0) is 20.1. The number of nitrogens with zero attached hydrogens (tertiary/aromatic N) is 3. The molecule has 8 heteroatoms. The van der Waals surface area contributed by atoms with Crippen molar-refractivity contribution in [2.75, 3.05) is 18.8 Å². The van der Waals surface area contributed by atoms with Crippen LogP contribution in [-0.2, 0) is 13.1 Å². The van der Waals surface area contributed by atoms with Gasteiger partial charge in [-0.2, -0.15) is 0 Å². The minimum atomic E-state index is -0.398. The maximum atomic E-state index is 11.9. The highest BCUT2D eigenvalue weighted by molar-refractivity contribution is 5.95. The normalized spacial score (nSPS) is 11.0. The summed E-state index contributed by atoms with van der Waals surface area (Å²) in [6.07, 6.45) is 2.19. The van der Waals surface area contributed by atoms with E-state index in [4.69, 9.17) is 5.73 Å². The lowest BCUT2D eigenvalue weighted by molar-refractivity contribution is 0.0944. The Balaban J connectivity index is 1.36. The van der Waals surface area contributed by atoms with Gasteiger partial charge in [0.15, 0.2) is 0 Å². The van der Waals surface area contributed by atoms with Gasteiger partial charge < -0.3 is 20.9 Å². The summed E-state index contributed by atoms with van der Waals surface area (Å²) in [5.41, 5.74) is 9.20. The van der Waals surface area contributed by atoms with Crippen molar-refractivity contribution < 1.29 is 9.42 Å². The smallest absolute Gasteiger partial charge is 0.277 e. The van der Waals surface area contributed by atoms with E-state index in [-0.39, 0.29) is 11.5 Å². The fraction of sp³-hybridized carbons (Fsp3) is 0.190. The molecule has 0 aliphatic heterocycles. The van der Waals surface area contributed by atoms with Crippen LogP contribution >= 0.6 is 0 Å². The number of nitrogen functional groups attached to an aromatic ring is 1. The van der Waals surface area contributed by atoms with Crippen molar-refractivity contribution in [2.45, 2.75) is 13.1 Å². The molecule has 2 heterocycles. The standard InChI is InChI=1S/C21H22N6O2/c22-20-19(25-29-26-20)21(28)24-11-10-23-12-16-14-27(13-15-6-2-1-3-7-15)18-9-5-4-8-17(16)18/h1-9,14,23H,10-13H2,(H2,22,26)(H,24,28). The Labute approximate surface area is 167 Å². The summed E-state index contributed by atoms with van der Waals surface area (Å²) in [6.45, 7) is 2.57. The highest BCUT2D eigenvalue weighted by Crippen LogP contribution is 2.22. The first-order valence-electron chi connectivity index (χ1n) is 9.40. The molecule has 4 rings (SSSR count). The molecule has 0 fully saturated rings. The van der Waals surface area contributed by atoms with E-state index in [1.165, 1.54) is 22.0 Å². The quantitative estimate of drug-likeness (QED) is 0.398. The van der Waals surface area contributed by atoms with E-state index in [0.717, 1.165) is 6.54 Å². The fourth-order valence-electron chi connectivity index (χ4n) is 3.30. The SMILES string of the molecule is Nc1nonc1C(=O)NCCNCc1cn(Cc2ccccc2)c2ccccc12. The Morgan fingerprint density at radius 3 is 2.62 bits per heavy atom. The zero-order valence-corrected chi connectivity index (χ0v) is 15.8. The first-order valence-corrected chi connectivity index (χ1v) is 9.40. The average molecular weight is 390 g/mol. The van der Waals surface area contributed by atoms with Crippen LogP contribution in [0.2, 0.25) is 0 Å². The molecule has 0 saturated carbocycles. The summed E-state index contributed by atoms with van der Waals surface area (Å²) in [4.78, 5) is 11.9. The van der Waals surface area contributed by atoms with Crippen molar-refractivity contribution in [2.24, 2.45) is 0 Å². The molecule has 4 N–H and O–H groups in total. The molecule has 0 unspecified atom stereocenters. The molecule has 0 atom stereocenters. The largest absolute Gasteiger partial charge is 0.379 e. The van der Waals surface area contributed by atoms with Gasteiger partial charge in [0.25, 0.3) is 5.91 Å². The second-order valence-corrected chi connectivity index (χ2v) is 6.72. The molecule has 8 nitrogen and oxygen atoms in total. The number of benzene rings is 2. The number of nitrogens with one attached hydrogen (secondary N) is 2. The van der Waals surface area contributed by atoms with E-state index in [2.05, 4.69) is 84.9 Å². The van der Waals surface area contributed by atoms with Crippen molar-refractivity contribution in [3.8, 4) is 0 Å². The van der Waals surface area contributed by atoms with Gasteiger partial charge in [0.1, 0.15) is 0 Å². The average Bonchev–Trinajstić information content (AvgIpc) is 3.32. The van der Waals surface area contributed by atoms with Gasteiger partial charge >= 0.3 is 0 Å². The summed E-state index contributed by atoms with van der Waals surface area (Å²) in [5, 5.41) is 14.2. The zero-order valence-electron chi connectivity index (χ0n) is 15.8. The maximum absolute atomic E-state index is 11.9. The number of hydrogen-bond acceptors (Lipinski definition) is 6. The third-order valence-corrected chi connectivity index (χ3v) is 4.70. The van der Waals surface area contributed by atoms with Gasteiger partial charge in [-0.1, -0.05) is 48.5 Å². The fourth-order valence-corrected chi connectivity index (χ4v) is 3.30. The second-order valence-electron chi connectivity index (χ2n) is 6.72. The molecule has 0 saturated heterocycles. The molecule has 148 valence electrons. The van der Waals surface area contributed by atoms with Gasteiger partial charge in [-0.3, -0.25) is 4.79 Å². The van der Waals surface area contributed by atoms with Crippen LogP contribution in [0.25, 0.3) is 10.9 Å². The molecule has 0 bridgehead atoms. The van der Waals surface area contributed by atoms with E-state index in [9.17, 15) is 4.79 Å². The van der Waals surface area contributed by atoms with Gasteiger partial charge in [-0.05, 0) is 27.5 Å². The van der Waals surface area contributed by atoms with E-state index < -0.39 is 5.91 Å². The molecule has 0 spiro atoms. The summed E-state index contributed by atoms with van der Waals surface area (Å²) in [5.74, 6) is -0.410. The van der Waals surface area contributed by atoms with Gasteiger partial charge in [-0.25, -0.2) is 4.63 Å². The van der Waals surface area contributed by atoms with E-state index in [1.807, 2.05) is 6.07 Å². The van der Waals surface area contributed by atoms with Crippen molar-refractivity contribution in [3.63, 3.8) is 0 Å². The summed E-state index contributed by atoms with van der Waals surface area (Å²) < 4.78 is 6.70. The maximum Gasteiger partial charge on any atom is 0.277 e. The second kappa shape index (κ2) is 8.57. The molecular formula is C21H22N6O2. The number of amides is 1. The number of aromatic nitrogens is 3. The minimum Gasteiger partial charge on any atom is -0.379 e. The van der Waals surface area contributed by atoms with Crippen LogP contribution in [0.4, 0.5) is 5.82 Å². The van der Waals surface area contributed by atoms with Gasteiger partial charge in [0.2, 0.25) is 11.5 Å². The lowest BCUT2D eigenvalue weighted by Crippen LogP contribution is -2.32. The molecule has 29 heavy (non-hydrogen) atoms. The predicted molar refractivity (Wildman–Crippen MR) is 110 cm³/mol. The highest BCUT2D eigenvalue weighted by atomic mass is 16.6. The molecule has 0 radical (unpaired) electrons. The van der Waals surface area contributed by atoms with E-state index >= 15 is 0 Å². The number of carbonyl (C=O) groups is 1. The first kappa shape index (κ1) is 18.7. The number of hydrogen-bond donors (Lipinski definition) is 3. The molecule has 2 aromatic carbocycles. The summed E-state index contributed by atoms with van der Waals surface area (Å²) in [7, 11) is 0. The number of fused-ring (bicyclic) bond motifs is 1. The van der Waals surface area contributed by atoms with Crippen LogP contribution in [0.1, 0.15) is 21.6 Å². The van der Waals surface area contributed by atoms with Crippen molar-refractivity contribution in [1.29, 1.82) is 0 Å². The van der Waals surface area contributed by atoms with Gasteiger partial charge in [0.05, 0.1) is 0 Å². The lowest BCUT2D eigenvalue weighted by atomic mass is 10.2. The van der Waals surface area contributed by atoms with Crippen LogP contribution in [0.15, 0.2) is 65.4 Å². The summed E-state index contributed by atoms with van der Waals surface area (Å²) in [6, 6.07) is 18.8. The number of carbonyl (C=O) groups excluding carboxylic acids is 1.